The number of aromatic nitrogens is 4. The van der Waals surface area contributed by atoms with Gasteiger partial charge in [-0.25, -0.2) is 0 Å². The summed E-state index contributed by atoms with van der Waals surface area (Å²) in [6.45, 7) is 0.609. The summed E-state index contributed by atoms with van der Waals surface area (Å²) < 4.78 is 41.0. The van der Waals surface area contributed by atoms with E-state index in [9.17, 15) is 18.0 Å². The van der Waals surface area contributed by atoms with E-state index in [2.05, 4.69) is 15.5 Å². The number of fused-ring (bicyclic) bond motifs is 1. The van der Waals surface area contributed by atoms with E-state index in [0.717, 1.165) is 46.6 Å². The number of nitrogens with zero attached hydrogens (tertiary/aromatic N) is 5. The van der Waals surface area contributed by atoms with Gasteiger partial charge < -0.3 is 4.90 Å². The number of halogens is 3. The molecule has 0 radical (unpaired) electrons. The van der Waals surface area contributed by atoms with Gasteiger partial charge in [-0.15, -0.1) is 5.10 Å². The van der Waals surface area contributed by atoms with E-state index < -0.39 is 11.7 Å². The maximum Gasteiger partial charge on any atom is 0.418 e. The topological polar surface area (TPSA) is 63.9 Å². The molecule has 4 rings (SSSR count). The number of para-hydroxylation sites is 2. The number of hydrogen-bond donors (Lipinski definition) is 0. The molecule has 1 aliphatic rings. The van der Waals surface area contributed by atoms with E-state index in [0.29, 0.717) is 6.54 Å². The van der Waals surface area contributed by atoms with Crippen LogP contribution >= 0.6 is 11.8 Å². The number of thioether (sulfide) groups is 1. The van der Waals surface area contributed by atoms with Crippen molar-refractivity contribution in [2.24, 2.45) is 0 Å². The highest BCUT2D eigenvalue weighted by Crippen LogP contribution is 2.34. The minimum atomic E-state index is -4.54. The van der Waals surface area contributed by atoms with E-state index in [1.54, 1.807) is 4.90 Å². The van der Waals surface area contributed by atoms with Gasteiger partial charge in [-0.3, -0.25) is 4.79 Å². The van der Waals surface area contributed by atoms with Crippen molar-refractivity contribution in [3.63, 3.8) is 0 Å². The van der Waals surface area contributed by atoms with Crippen molar-refractivity contribution in [1.82, 2.24) is 20.2 Å². The summed E-state index contributed by atoms with van der Waals surface area (Å²) in [6.07, 6.45) is -2.76. The Balaban J connectivity index is 1.54. The number of anilines is 1. The minimum Gasteiger partial charge on any atom is -0.311 e. The Morgan fingerprint density at radius 1 is 1.07 bits per heavy atom. The molecule has 2 aromatic carbocycles. The van der Waals surface area contributed by atoms with Crippen molar-refractivity contribution in [3.8, 4) is 5.69 Å². The second kappa shape index (κ2) is 7.86. The van der Waals surface area contributed by atoms with Crippen LogP contribution in [0.4, 0.5) is 18.9 Å². The highest BCUT2D eigenvalue weighted by atomic mass is 32.2. The maximum absolute atomic E-state index is 13.3. The third-order valence-electron chi connectivity index (χ3n) is 4.61. The van der Waals surface area contributed by atoms with Crippen LogP contribution in [0.2, 0.25) is 0 Å². The quantitative estimate of drug-likeness (QED) is 0.603. The van der Waals surface area contributed by atoms with Gasteiger partial charge in [0.25, 0.3) is 0 Å². The third kappa shape index (κ3) is 3.98. The molecule has 0 atom stereocenters. The lowest BCUT2D eigenvalue weighted by atomic mass is 10.0. The van der Waals surface area contributed by atoms with Crippen LogP contribution in [0.15, 0.2) is 53.7 Å². The number of benzene rings is 2. The van der Waals surface area contributed by atoms with E-state index in [1.165, 1.54) is 18.2 Å². The van der Waals surface area contributed by atoms with Crippen molar-refractivity contribution < 1.29 is 18.0 Å². The standard InChI is InChI=1S/C19H16F3N5OS/c20-19(21,22)14-8-2-4-10-16(14)27-18(23-24-25-27)29-12-17(28)26-11-5-7-13-6-1-3-9-15(13)26/h1-4,6,8-10H,5,7,11-12H2. The fraction of sp³-hybridized carbons (Fsp3) is 0.263. The first-order valence-electron chi connectivity index (χ1n) is 8.91. The lowest BCUT2D eigenvalue weighted by Gasteiger charge is -2.29. The van der Waals surface area contributed by atoms with Gasteiger partial charge in [0.2, 0.25) is 11.1 Å². The summed E-state index contributed by atoms with van der Waals surface area (Å²) in [5.74, 6) is -0.121. The van der Waals surface area contributed by atoms with E-state index in [-0.39, 0.29) is 22.5 Å². The fourth-order valence-corrected chi connectivity index (χ4v) is 4.07. The second-order valence-electron chi connectivity index (χ2n) is 6.45. The first-order chi connectivity index (χ1) is 13.9. The third-order valence-corrected chi connectivity index (χ3v) is 5.52. The van der Waals surface area contributed by atoms with Crippen molar-refractivity contribution in [3.05, 3.63) is 59.7 Å². The average molecular weight is 419 g/mol. The molecule has 0 N–H and O–H groups in total. The maximum atomic E-state index is 13.3. The summed E-state index contributed by atoms with van der Waals surface area (Å²) >= 11 is 1.01. The highest BCUT2D eigenvalue weighted by Gasteiger charge is 2.34. The van der Waals surface area contributed by atoms with E-state index in [1.807, 2.05) is 24.3 Å². The molecule has 0 fully saturated rings. The zero-order valence-corrected chi connectivity index (χ0v) is 16.0. The van der Waals surface area contributed by atoms with Crippen LogP contribution < -0.4 is 4.90 Å². The molecule has 0 saturated heterocycles. The molecule has 0 saturated carbocycles. The van der Waals surface area contributed by atoms with Gasteiger partial charge in [0, 0.05) is 12.2 Å². The second-order valence-corrected chi connectivity index (χ2v) is 7.40. The predicted molar refractivity (Wildman–Crippen MR) is 102 cm³/mol. The molecule has 3 aromatic rings. The van der Waals surface area contributed by atoms with Crippen molar-refractivity contribution in [2.45, 2.75) is 24.2 Å². The Bertz CT molecular complexity index is 1040. The Hall–Kier alpha value is -2.88. The van der Waals surface area contributed by atoms with E-state index >= 15 is 0 Å². The highest BCUT2D eigenvalue weighted by molar-refractivity contribution is 7.99. The summed E-state index contributed by atoms with van der Waals surface area (Å²) in [7, 11) is 0. The molecule has 1 aliphatic heterocycles. The normalized spacial score (nSPS) is 14.0. The monoisotopic (exact) mass is 419 g/mol. The van der Waals surface area contributed by atoms with Gasteiger partial charge in [-0.2, -0.15) is 17.9 Å². The van der Waals surface area contributed by atoms with Crippen LogP contribution in [0.3, 0.4) is 0 Å². The molecular weight excluding hydrogens is 403 g/mol. The van der Waals surface area contributed by atoms with Crippen molar-refractivity contribution in [2.75, 3.05) is 17.2 Å². The van der Waals surface area contributed by atoms with Gasteiger partial charge in [-0.05, 0) is 47.0 Å². The Morgan fingerprint density at radius 2 is 1.79 bits per heavy atom. The number of carbonyl (C=O) groups is 1. The van der Waals surface area contributed by atoms with Gasteiger partial charge in [0.05, 0.1) is 17.0 Å². The van der Waals surface area contributed by atoms with Crippen LogP contribution in [-0.4, -0.2) is 38.4 Å². The predicted octanol–water partition coefficient (Wildman–Crippen LogP) is 3.75. The first kappa shape index (κ1) is 19.4. The SMILES string of the molecule is O=C(CSc1nnnn1-c1ccccc1C(F)(F)F)N1CCCc2ccccc21. The van der Waals surface area contributed by atoms with Crippen LogP contribution in [0.1, 0.15) is 17.5 Å². The van der Waals surface area contributed by atoms with Crippen LogP contribution in [0, 0.1) is 0 Å². The molecule has 0 spiro atoms. The largest absolute Gasteiger partial charge is 0.418 e. The number of rotatable bonds is 4. The number of tetrazole rings is 1. The van der Waals surface area contributed by atoms with Gasteiger partial charge in [0.15, 0.2) is 0 Å². The first-order valence-corrected chi connectivity index (χ1v) is 9.90. The molecule has 29 heavy (non-hydrogen) atoms. The zero-order valence-electron chi connectivity index (χ0n) is 15.1. The Labute approximate surface area is 168 Å². The lowest BCUT2D eigenvalue weighted by Crippen LogP contribution is -2.36. The Kier molecular flexibility index (Phi) is 5.27. The molecule has 10 heteroatoms. The molecule has 0 bridgehead atoms. The Morgan fingerprint density at radius 3 is 2.59 bits per heavy atom. The summed E-state index contributed by atoms with van der Waals surface area (Å²) in [6, 6.07) is 12.8. The smallest absolute Gasteiger partial charge is 0.311 e. The average Bonchev–Trinajstić information content (AvgIpc) is 3.19. The summed E-state index contributed by atoms with van der Waals surface area (Å²) in [5, 5.41) is 11.1. The van der Waals surface area contributed by atoms with Gasteiger partial charge >= 0.3 is 6.18 Å². The molecule has 0 aliphatic carbocycles. The molecule has 2 heterocycles. The zero-order chi connectivity index (χ0) is 20.4. The number of carbonyl (C=O) groups excluding carboxylic acids is 1. The van der Waals surface area contributed by atoms with Crippen LogP contribution in [-0.2, 0) is 17.4 Å². The van der Waals surface area contributed by atoms with Gasteiger partial charge in [0.1, 0.15) is 0 Å². The fourth-order valence-electron chi connectivity index (χ4n) is 3.32. The molecule has 0 unspecified atom stereocenters. The van der Waals surface area contributed by atoms with Crippen LogP contribution in [0.25, 0.3) is 5.69 Å². The number of hydrogen-bond acceptors (Lipinski definition) is 5. The minimum absolute atomic E-state index is 0.0168. The molecule has 1 amide bonds. The number of alkyl halides is 3. The van der Waals surface area contributed by atoms with Crippen molar-refractivity contribution in [1.29, 1.82) is 0 Å². The van der Waals surface area contributed by atoms with Crippen molar-refractivity contribution >= 4 is 23.4 Å². The molecule has 1 aromatic heterocycles. The van der Waals surface area contributed by atoms with Gasteiger partial charge in [-0.1, -0.05) is 42.1 Å². The number of aryl methyl sites for hydroxylation is 1. The lowest BCUT2D eigenvalue weighted by molar-refractivity contribution is -0.137. The summed E-state index contributed by atoms with van der Waals surface area (Å²) in [5.41, 5.74) is 0.973. The molecular formula is C19H16F3N5OS. The molecule has 6 nitrogen and oxygen atoms in total. The van der Waals surface area contributed by atoms with Crippen LogP contribution in [0.5, 0.6) is 0 Å². The summed E-state index contributed by atoms with van der Waals surface area (Å²) in [4.78, 5) is 14.5. The van der Waals surface area contributed by atoms with E-state index in [4.69, 9.17) is 0 Å². The number of amides is 1. The molecule has 150 valence electrons.